The number of rotatable bonds is 4. The minimum Gasteiger partial charge on any atom is -0.444 e. The quantitative estimate of drug-likeness (QED) is 0.525. The summed E-state index contributed by atoms with van der Waals surface area (Å²) in [5.41, 5.74) is 2.65. The van der Waals surface area contributed by atoms with Gasteiger partial charge in [-0.05, 0) is 39.8 Å². The van der Waals surface area contributed by atoms with Gasteiger partial charge in [-0.1, -0.05) is 12.1 Å². The second-order valence-electron chi connectivity index (χ2n) is 9.90. The van der Waals surface area contributed by atoms with Crippen molar-refractivity contribution in [2.24, 2.45) is 0 Å². The first-order valence-corrected chi connectivity index (χ1v) is 13.6. The van der Waals surface area contributed by atoms with Gasteiger partial charge in [-0.25, -0.2) is 14.8 Å². The minimum atomic E-state index is -0.516. The zero-order valence-corrected chi connectivity index (χ0v) is 22.5. The number of para-hydroxylation sites is 2. The van der Waals surface area contributed by atoms with Crippen molar-refractivity contribution in [1.29, 1.82) is 0 Å². The van der Waals surface area contributed by atoms with Crippen LogP contribution in [0.3, 0.4) is 0 Å². The van der Waals surface area contributed by atoms with E-state index >= 15 is 0 Å². The van der Waals surface area contributed by atoms with Gasteiger partial charge in [0.2, 0.25) is 0 Å². The molecule has 4 heterocycles. The Morgan fingerprint density at radius 1 is 1.03 bits per heavy atom. The highest BCUT2D eigenvalue weighted by molar-refractivity contribution is 7.14. The minimum absolute atomic E-state index is 0.236. The van der Waals surface area contributed by atoms with Crippen LogP contribution in [0.5, 0.6) is 0 Å². The number of carbonyl (C=O) groups excluding carboxylic acids is 2. The van der Waals surface area contributed by atoms with Crippen LogP contribution in [-0.4, -0.2) is 58.6 Å². The van der Waals surface area contributed by atoms with Gasteiger partial charge in [-0.2, -0.15) is 0 Å². The van der Waals surface area contributed by atoms with Crippen molar-refractivity contribution in [3.8, 4) is 0 Å². The van der Waals surface area contributed by atoms with E-state index in [1.807, 2.05) is 52.0 Å². The Morgan fingerprint density at radius 3 is 2.50 bits per heavy atom. The molecule has 2 aliphatic rings. The Bertz CT molecular complexity index is 1250. The van der Waals surface area contributed by atoms with Gasteiger partial charge in [0.15, 0.2) is 5.13 Å². The van der Waals surface area contributed by atoms with Gasteiger partial charge in [0.1, 0.15) is 11.3 Å². The molecule has 2 aromatic heterocycles. The molecule has 0 aliphatic carbocycles. The Kier molecular flexibility index (Phi) is 6.60. The van der Waals surface area contributed by atoms with E-state index in [4.69, 9.17) is 4.74 Å². The van der Waals surface area contributed by atoms with E-state index in [0.717, 1.165) is 40.3 Å². The van der Waals surface area contributed by atoms with E-state index < -0.39 is 5.60 Å². The average Bonchev–Trinajstić information content (AvgIpc) is 3.53. The van der Waals surface area contributed by atoms with Crippen LogP contribution in [0.4, 0.5) is 21.3 Å². The first-order valence-electron chi connectivity index (χ1n) is 12.0. The van der Waals surface area contributed by atoms with Crippen molar-refractivity contribution in [2.45, 2.75) is 46.4 Å². The number of anilines is 3. The normalized spacial score (nSPS) is 15.7. The smallest absolute Gasteiger partial charge is 0.410 e. The second kappa shape index (κ2) is 9.70. The summed E-state index contributed by atoms with van der Waals surface area (Å²) in [4.78, 5) is 42.0. The van der Waals surface area contributed by atoms with Crippen molar-refractivity contribution in [2.75, 3.05) is 41.3 Å². The number of hydrogen-bond donors (Lipinski definition) is 1. The van der Waals surface area contributed by atoms with Crippen LogP contribution in [0.25, 0.3) is 0 Å². The molecule has 1 saturated heterocycles. The lowest BCUT2D eigenvalue weighted by Crippen LogP contribution is -2.50. The summed E-state index contributed by atoms with van der Waals surface area (Å²) in [7, 11) is 0. The fourth-order valence-corrected chi connectivity index (χ4v) is 6.08. The molecule has 0 bridgehead atoms. The molecule has 0 radical (unpaired) electrons. The fraction of sp³-hybridized carbons (Fsp3) is 0.440. The predicted molar refractivity (Wildman–Crippen MR) is 143 cm³/mol. The average molecular weight is 527 g/mol. The summed E-state index contributed by atoms with van der Waals surface area (Å²) >= 11 is 3.19. The Morgan fingerprint density at radius 2 is 1.78 bits per heavy atom. The van der Waals surface area contributed by atoms with E-state index in [-0.39, 0.29) is 12.0 Å². The molecule has 1 fully saturated rings. The molecule has 190 valence electrons. The number of piperazine rings is 1. The van der Waals surface area contributed by atoms with Crippen molar-refractivity contribution in [3.05, 3.63) is 50.9 Å². The summed E-state index contributed by atoms with van der Waals surface area (Å²) in [6.07, 6.45) is -0.290. The number of aryl methyl sites for hydroxylation is 1. The monoisotopic (exact) mass is 526 g/mol. The number of amides is 2. The highest BCUT2D eigenvalue weighted by Crippen LogP contribution is 2.34. The number of benzene rings is 1. The van der Waals surface area contributed by atoms with Gasteiger partial charge in [0.25, 0.3) is 5.91 Å². The summed E-state index contributed by atoms with van der Waals surface area (Å²) in [6.45, 7) is 11.6. The molecule has 9 nitrogen and oxygen atoms in total. The number of thiazole rings is 2. The molecular weight excluding hydrogens is 496 g/mol. The van der Waals surface area contributed by atoms with Crippen LogP contribution in [0.1, 0.15) is 46.8 Å². The molecule has 0 atom stereocenters. The summed E-state index contributed by atoms with van der Waals surface area (Å²) in [5.74, 6) is -0.236. The molecule has 0 unspecified atom stereocenters. The van der Waals surface area contributed by atoms with E-state index in [1.54, 1.807) is 21.6 Å². The Hall–Kier alpha value is -3.18. The number of fused-ring (bicyclic) bond motifs is 1. The highest BCUT2D eigenvalue weighted by atomic mass is 32.1. The van der Waals surface area contributed by atoms with Gasteiger partial charge in [-0.15, -0.1) is 22.7 Å². The van der Waals surface area contributed by atoms with Crippen LogP contribution in [0, 0.1) is 6.92 Å². The SMILES string of the molecule is Cc1nc2c(s1)CN(c1nc(C(=O)Nc3ccccc3N3CCN(C(=O)OC(C)(C)C)CC3)cs1)C2. The highest BCUT2D eigenvalue weighted by Gasteiger charge is 2.28. The zero-order valence-electron chi connectivity index (χ0n) is 20.9. The van der Waals surface area contributed by atoms with E-state index in [2.05, 4.69) is 25.1 Å². The molecule has 0 spiro atoms. The lowest BCUT2D eigenvalue weighted by Gasteiger charge is -2.37. The number of nitrogens with zero attached hydrogens (tertiary/aromatic N) is 5. The molecule has 5 rings (SSSR count). The third-order valence-corrected chi connectivity index (χ3v) is 7.88. The van der Waals surface area contributed by atoms with Crippen molar-refractivity contribution in [3.63, 3.8) is 0 Å². The largest absolute Gasteiger partial charge is 0.444 e. The molecule has 11 heteroatoms. The van der Waals surface area contributed by atoms with Gasteiger partial charge < -0.3 is 24.8 Å². The maximum absolute atomic E-state index is 13.1. The van der Waals surface area contributed by atoms with E-state index in [9.17, 15) is 9.59 Å². The molecule has 1 N–H and O–H groups in total. The van der Waals surface area contributed by atoms with E-state index in [1.165, 1.54) is 16.2 Å². The summed E-state index contributed by atoms with van der Waals surface area (Å²) < 4.78 is 5.50. The van der Waals surface area contributed by atoms with Crippen LogP contribution < -0.4 is 15.1 Å². The second-order valence-corrected chi connectivity index (χ2v) is 12.0. The van der Waals surface area contributed by atoms with Crippen molar-refractivity contribution >= 4 is 51.2 Å². The predicted octanol–water partition coefficient (Wildman–Crippen LogP) is 4.74. The van der Waals surface area contributed by atoms with Gasteiger partial charge >= 0.3 is 6.09 Å². The number of aromatic nitrogens is 2. The molecule has 36 heavy (non-hydrogen) atoms. The third kappa shape index (κ3) is 5.31. The molecule has 2 amide bonds. The van der Waals surface area contributed by atoms with Crippen LogP contribution >= 0.6 is 22.7 Å². The lowest BCUT2D eigenvalue weighted by molar-refractivity contribution is 0.0240. The van der Waals surface area contributed by atoms with Crippen molar-refractivity contribution < 1.29 is 14.3 Å². The van der Waals surface area contributed by atoms with Crippen LogP contribution in [0.2, 0.25) is 0 Å². The maximum atomic E-state index is 13.1. The standard InChI is InChI=1S/C25H30N6O3S2/c1-16-26-18-13-31(14-21(18)36-16)23-28-19(15-35-23)22(32)27-17-7-5-6-8-20(17)29-9-11-30(12-10-29)24(33)34-25(2,3)4/h5-8,15H,9-14H2,1-4H3,(H,27,32). The van der Waals surface area contributed by atoms with Gasteiger partial charge in [-0.3, -0.25) is 4.79 Å². The molecule has 1 aromatic carbocycles. The molecule has 2 aliphatic heterocycles. The molecule has 3 aromatic rings. The van der Waals surface area contributed by atoms with Gasteiger partial charge in [0.05, 0.1) is 35.2 Å². The first-order chi connectivity index (χ1) is 17.2. The number of ether oxygens (including phenoxy) is 1. The molecular formula is C25H30N6O3S2. The van der Waals surface area contributed by atoms with E-state index in [0.29, 0.717) is 31.9 Å². The fourth-order valence-electron chi connectivity index (χ4n) is 4.32. The summed E-state index contributed by atoms with van der Waals surface area (Å²) in [5, 5.41) is 6.76. The van der Waals surface area contributed by atoms with Gasteiger partial charge in [0, 0.05) is 36.4 Å². The van der Waals surface area contributed by atoms with Crippen molar-refractivity contribution in [1.82, 2.24) is 14.9 Å². The Balaban J connectivity index is 1.22. The first kappa shape index (κ1) is 24.5. The Labute approximate surface area is 218 Å². The summed E-state index contributed by atoms with van der Waals surface area (Å²) in [6, 6.07) is 7.74. The maximum Gasteiger partial charge on any atom is 0.410 e. The van der Waals surface area contributed by atoms with Crippen LogP contribution in [-0.2, 0) is 17.8 Å². The molecule has 0 saturated carbocycles. The number of hydrogen-bond acceptors (Lipinski definition) is 9. The van der Waals surface area contributed by atoms with Crippen LogP contribution in [0.15, 0.2) is 29.6 Å². The number of nitrogens with one attached hydrogen (secondary N) is 1. The topological polar surface area (TPSA) is 90.9 Å². The number of carbonyl (C=O) groups is 2. The lowest BCUT2D eigenvalue weighted by atomic mass is 10.2. The zero-order chi connectivity index (χ0) is 25.4. The third-order valence-electron chi connectivity index (χ3n) is 5.98.